The lowest BCUT2D eigenvalue weighted by Crippen LogP contribution is -2.27. The summed E-state index contributed by atoms with van der Waals surface area (Å²) in [4.78, 5) is 11.3. The van der Waals surface area contributed by atoms with E-state index in [1.54, 1.807) is 0 Å². The molecule has 90 valence electrons. The third kappa shape index (κ3) is 4.51. The quantitative estimate of drug-likeness (QED) is 0.555. The molecule has 8 nitrogen and oxygen atoms in total. The minimum absolute atomic E-state index is 0.146. The summed E-state index contributed by atoms with van der Waals surface area (Å²) in [7, 11) is -3.48. The maximum Gasteiger partial charge on any atom is 0.282 e. The lowest BCUT2D eigenvalue weighted by atomic mass is 10.4. The average Bonchev–Trinajstić information content (AvgIpc) is 2.57. The molecule has 1 heterocycles. The van der Waals surface area contributed by atoms with Crippen molar-refractivity contribution in [1.82, 2.24) is 15.5 Å². The van der Waals surface area contributed by atoms with E-state index in [-0.39, 0.29) is 28.9 Å². The first-order chi connectivity index (χ1) is 7.38. The molecular formula is C6H11N5O3S2. The standard InChI is InChI=1S/C6H11N5O3S2/c7-6-11-10-5(15-6)4(12)9-2-1-3-16(8,13)14/h1-3H2,(H2,7,11)(H,9,12)(H2,8,13,14). The Balaban J connectivity index is 2.31. The zero-order valence-corrected chi connectivity index (χ0v) is 9.84. The molecule has 16 heavy (non-hydrogen) atoms. The minimum atomic E-state index is -3.48. The molecule has 0 fully saturated rings. The Morgan fingerprint density at radius 1 is 1.44 bits per heavy atom. The van der Waals surface area contributed by atoms with Crippen LogP contribution in [0.3, 0.4) is 0 Å². The highest BCUT2D eigenvalue weighted by atomic mass is 32.2. The lowest BCUT2D eigenvalue weighted by Gasteiger charge is -2.01. The molecule has 10 heteroatoms. The fraction of sp³-hybridized carbons (Fsp3) is 0.500. The molecule has 0 atom stereocenters. The number of rotatable bonds is 5. The van der Waals surface area contributed by atoms with Crippen molar-refractivity contribution >= 4 is 32.4 Å². The van der Waals surface area contributed by atoms with Gasteiger partial charge >= 0.3 is 0 Å². The Hall–Kier alpha value is -1.26. The van der Waals surface area contributed by atoms with Gasteiger partial charge in [-0.15, -0.1) is 10.2 Å². The van der Waals surface area contributed by atoms with Crippen LogP contribution >= 0.6 is 11.3 Å². The molecule has 1 rings (SSSR count). The van der Waals surface area contributed by atoms with Gasteiger partial charge in [-0.1, -0.05) is 11.3 Å². The average molecular weight is 265 g/mol. The summed E-state index contributed by atoms with van der Waals surface area (Å²) >= 11 is 0.960. The second-order valence-electron chi connectivity index (χ2n) is 2.92. The molecule has 1 amide bonds. The predicted octanol–water partition coefficient (Wildman–Crippen LogP) is -1.47. The van der Waals surface area contributed by atoms with E-state index in [1.165, 1.54) is 0 Å². The fourth-order valence-corrected chi connectivity index (χ4v) is 1.95. The van der Waals surface area contributed by atoms with Crippen molar-refractivity contribution in [3.05, 3.63) is 5.01 Å². The van der Waals surface area contributed by atoms with Crippen LogP contribution in [-0.4, -0.2) is 36.8 Å². The molecule has 0 aliphatic carbocycles. The van der Waals surface area contributed by atoms with Crippen molar-refractivity contribution in [2.75, 3.05) is 18.0 Å². The first kappa shape index (κ1) is 12.8. The van der Waals surface area contributed by atoms with Gasteiger partial charge in [-0.2, -0.15) is 0 Å². The van der Waals surface area contributed by atoms with Crippen LogP contribution in [0, 0.1) is 0 Å². The van der Waals surface area contributed by atoms with E-state index in [2.05, 4.69) is 15.5 Å². The van der Waals surface area contributed by atoms with Gasteiger partial charge in [0.05, 0.1) is 5.75 Å². The van der Waals surface area contributed by atoms with E-state index in [0.29, 0.717) is 0 Å². The number of nitrogen functional groups attached to an aromatic ring is 1. The molecular weight excluding hydrogens is 254 g/mol. The normalized spacial score (nSPS) is 11.3. The summed E-state index contributed by atoms with van der Waals surface area (Å²) in [6.07, 6.45) is 0.249. The lowest BCUT2D eigenvalue weighted by molar-refractivity contribution is 0.0952. The van der Waals surface area contributed by atoms with E-state index in [9.17, 15) is 13.2 Å². The van der Waals surface area contributed by atoms with E-state index in [0.717, 1.165) is 11.3 Å². The van der Waals surface area contributed by atoms with Gasteiger partial charge in [-0.25, -0.2) is 13.6 Å². The molecule has 1 aromatic rings. The van der Waals surface area contributed by atoms with Gasteiger partial charge in [0.15, 0.2) is 0 Å². The van der Waals surface area contributed by atoms with Crippen molar-refractivity contribution in [2.45, 2.75) is 6.42 Å². The molecule has 1 aromatic heterocycles. The van der Waals surface area contributed by atoms with Gasteiger partial charge in [0.1, 0.15) is 0 Å². The van der Waals surface area contributed by atoms with Crippen LogP contribution in [0.1, 0.15) is 16.2 Å². The molecule has 5 N–H and O–H groups in total. The zero-order valence-electron chi connectivity index (χ0n) is 8.21. The smallest absolute Gasteiger partial charge is 0.282 e. The van der Waals surface area contributed by atoms with Gasteiger partial charge in [0, 0.05) is 6.54 Å². The number of carbonyl (C=O) groups is 1. The number of carbonyl (C=O) groups excluding carboxylic acids is 1. The molecule has 0 spiro atoms. The van der Waals surface area contributed by atoms with Gasteiger partial charge in [0.2, 0.25) is 20.2 Å². The number of nitrogens with zero attached hydrogens (tertiary/aromatic N) is 2. The third-order valence-corrected chi connectivity index (χ3v) is 3.13. The van der Waals surface area contributed by atoms with Crippen molar-refractivity contribution in [3.63, 3.8) is 0 Å². The molecule has 0 saturated heterocycles. The highest BCUT2D eigenvalue weighted by Crippen LogP contribution is 2.10. The molecule has 0 unspecified atom stereocenters. The number of hydrogen-bond acceptors (Lipinski definition) is 7. The van der Waals surface area contributed by atoms with Crippen molar-refractivity contribution < 1.29 is 13.2 Å². The molecule has 0 aliphatic heterocycles. The second kappa shape index (κ2) is 5.18. The molecule has 0 aliphatic rings. The highest BCUT2D eigenvalue weighted by Gasteiger charge is 2.11. The van der Waals surface area contributed by atoms with E-state index >= 15 is 0 Å². The summed E-state index contributed by atoms with van der Waals surface area (Å²) in [5.41, 5.74) is 5.30. The number of aromatic nitrogens is 2. The summed E-state index contributed by atoms with van der Waals surface area (Å²) in [5.74, 6) is -0.602. The first-order valence-electron chi connectivity index (χ1n) is 4.26. The van der Waals surface area contributed by atoms with Gasteiger partial charge in [-0.05, 0) is 6.42 Å². The molecule has 0 radical (unpaired) electrons. The number of primary sulfonamides is 1. The van der Waals surface area contributed by atoms with E-state index in [4.69, 9.17) is 10.9 Å². The summed E-state index contributed by atoms with van der Waals surface area (Å²) < 4.78 is 21.2. The Bertz CT molecular complexity index is 468. The number of nitrogens with two attached hydrogens (primary N) is 2. The fourth-order valence-electron chi connectivity index (χ4n) is 0.877. The SMILES string of the molecule is Nc1nnc(C(=O)NCCCS(N)(=O)=O)s1. The summed E-state index contributed by atoms with van der Waals surface area (Å²) in [6, 6.07) is 0. The molecule has 0 bridgehead atoms. The van der Waals surface area contributed by atoms with Crippen LogP contribution in [0.25, 0.3) is 0 Å². The predicted molar refractivity (Wildman–Crippen MR) is 59.2 cm³/mol. The zero-order chi connectivity index (χ0) is 12.2. The van der Waals surface area contributed by atoms with Gasteiger partial charge < -0.3 is 11.1 Å². The van der Waals surface area contributed by atoms with Crippen molar-refractivity contribution in [3.8, 4) is 0 Å². The van der Waals surface area contributed by atoms with Crippen molar-refractivity contribution in [1.29, 1.82) is 0 Å². The largest absolute Gasteiger partial charge is 0.374 e. The monoisotopic (exact) mass is 265 g/mol. The van der Waals surface area contributed by atoms with Crippen molar-refractivity contribution in [2.24, 2.45) is 5.14 Å². The Morgan fingerprint density at radius 3 is 2.62 bits per heavy atom. The van der Waals surface area contributed by atoms with Gasteiger partial charge in [0.25, 0.3) is 5.91 Å². The molecule has 0 aromatic carbocycles. The maximum absolute atomic E-state index is 11.3. The van der Waals surface area contributed by atoms with Crippen LogP contribution in [0.4, 0.5) is 5.13 Å². The Kier molecular flexibility index (Phi) is 4.15. The highest BCUT2D eigenvalue weighted by molar-refractivity contribution is 7.89. The number of sulfonamides is 1. The number of anilines is 1. The number of hydrogen-bond donors (Lipinski definition) is 3. The van der Waals surface area contributed by atoms with Crippen LogP contribution < -0.4 is 16.2 Å². The number of nitrogens with one attached hydrogen (secondary N) is 1. The second-order valence-corrected chi connectivity index (χ2v) is 5.66. The van der Waals surface area contributed by atoms with Crippen LogP contribution in [-0.2, 0) is 10.0 Å². The third-order valence-electron chi connectivity index (χ3n) is 1.53. The Morgan fingerprint density at radius 2 is 2.12 bits per heavy atom. The van der Waals surface area contributed by atoms with Crippen LogP contribution in [0.15, 0.2) is 0 Å². The first-order valence-corrected chi connectivity index (χ1v) is 6.79. The van der Waals surface area contributed by atoms with Crippen LogP contribution in [0.2, 0.25) is 0 Å². The van der Waals surface area contributed by atoms with Crippen LogP contribution in [0.5, 0.6) is 0 Å². The topological polar surface area (TPSA) is 141 Å². The maximum atomic E-state index is 11.3. The van der Waals surface area contributed by atoms with Gasteiger partial charge in [-0.3, -0.25) is 4.79 Å². The molecule has 0 saturated carbocycles. The Labute approximate surface area is 96.1 Å². The summed E-state index contributed by atoms with van der Waals surface area (Å²) in [5, 5.41) is 14.6. The van der Waals surface area contributed by atoms with E-state index < -0.39 is 15.9 Å². The summed E-state index contributed by atoms with van der Waals surface area (Å²) in [6.45, 7) is 0.203. The van der Waals surface area contributed by atoms with E-state index in [1.807, 2.05) is 0 Å². The number of amides is 1. The minimum Gasteiger partial charge on any atom is -0.374 e.